The summed E-state index contributed by atoms with van der Waals surface area (Å²) < 4.78 is 16.7. The Morgan fingerprint density at radius 2 is 2.31 bits per heavy atom. The maximum atomic E-state index is 5.63. The van der Waals surface area contributed by atoms with Crippen LogP contribution in [0.1, 0.15) is 12.8 Å². The van der Waals surface area contributed by atoms with Gasteiger partial charge in [-0.15, -0.1) is 0 Å². The lowest BCUT2D eigenvalue weighted by Gasteiger charge is -2.16. The number of hydrogen-bond acceptors (Lipinski definition) is 4. The average Bonchev–Trinajstić information content (AvgIpc) is 2.68. The van der Waals surface area contributed by atoms with Crippen molar-refractivity contribution in [2.24, 2.45) is 5.73 Å². The second-order valence-corrected chi connectivity index (χ2v) is 3.55. The van der Waals surface area contributed by atoms with Crippen LogP contribution in [0.5, 0.6) is 0 Å². The number of rotatable bonds is 4. The van der Waals surface area contributed by atoms with Crippen molar-refractivity contribution in [3.8, 4) is 0 Å². The Bertz CT molecular complexity index is 165. The van der Waals surface area contributed by atoms with Crippen LogP contribution in [-0.4, -0.2) is 44.7 Å². The van der Waals surface area contributed by atoms with Crippen LogP contribution < -0.4 is 5.73 Å². The first-order valence-electron chi connectivity index (χ1n) is 4.96. The van der Waals surface area contributed by atoms with Crippen LogP contribution in [0.2, 0.25) is 0 Å². The lowest BCUT2D eigenvalue weighted by atomic mass is 10.1. The van der Waals surface area contributed by atoms with Crippen molar-refractivity contribution in [2.45, 2.75) is 31.2 Å². The third kappa shape index (κ3) is 2.02. The second kappa shape index (κ2) is 4.37. The fourth-order valence-corrected chi connectivity index (χ4v) is 1.89. The molecule has 2 aliphatic rings. The van der Waals surface area contributed by atoms with Gasteiger partial charge in [-0.2, -0.15) is 0 Å². The number of hydrogen-bond donors (Lipinski definition) is 1. The van der Waals surface area contributed by atoms with E-state index in [1.165, 1.54) is 0 Å². The summed E-state index contributed by atoms with van der Waals surface area (Å²) in [7, 11) is 0. The van der Waals surface area contributed by atoms with Gasteiger partial charge < -0.3 is 19.9 Å². The van der Waals surface area contributed by atoms with Crippen molar-refractivity contribution in [3.63, 3.8) is 0 Å². The van der Waals surface area contributed by atoms with Gasteiger partial charge in [0.25, 0.3) is 0 Å². The monoisotopic (exact) mass is 187 g/mol. The zero-order valence-electron chi connectivity index (χ0n) is 7.78. The largest absolute Gasteiger partial charge is 0.373 e. The van der Waals surface area contributed by atoms with E-state index >= 15 is 0 Å². The molecule has 2 fully saturated rings. The summed E-state index contributed by atoms with van der Waals surface area (Å²) in [6.45, 7) is 2.89. The predicted molar refractivity (Wildman–Crippen MR) is 47.5 cm³/mol. The topological polar surface area (TPSA) is 53.7 Å². The van der Waals surface area contributed by atoms with Gasteiger partial charge in [0.2, 0.25) is 0 Å². The van der Waals surface area contributed by atoms with E-state index in [4.69, 9.17) is 19.9 Å². The van der Waals surface area contributed by atoms with E-state index in [0.29, 0.717) is 13.2 Å². The highest BCUT2D eigenvalue weighted by atomic mass is 16.6. The number of nitrogens with two attached hydrogens (primary N) is 1. The molecule has 2 rings (SSSR count). The van der Waals surface area contributed by atoms with Crippen molar-refractivity contribution in [3.05, 3.63) is 0 Å². The summed E-state index contributed by atoms with van der Waals surface area (Å²) in [5.41, 5.74) is 5.38. The molecule has 0 spiro atoms. The SMILES string of the molecule is NCCCO[C@@H]1COC2CCOC21. The summed E-state index contributed by atoms with van der Waals surface area (Å²) in [6.07, 6.45) is 2.52. The first-order valence-corrected chi connectivity index (χ1v) is 4.96. The van der Waals surface area contributed by atoms with Crippen molar-refractivity contribution in [2.75, 3.05) is 26.4 Å². The molecule has 13 heavy (non-hydrogen) atoms. The predicted octanol–water partition coefficient (Wildman–Crippen LogP) is -0.0919. The lowest BCUT2D eigenvalue weighted by molar-refractivity contribution is -0.0309. The van der Waals surface area contributed by atoms with Crippen LogP contribution in [0.4, 0.5) is 0 Å². The minimum absolute atomic E-state index is 0.138. The molecule has 4 heteroatoms. The van der Waals surface area contributed by atoms with Gasteiger partial charge in [-0.05, 0) is 19.4 Å². The normalized spacial score (nSPS) is 38.1. The molecule has 0 bridgehead atoms. The molecule has 0 radical (unpaired) electrons. The zero-order valence-corrected chi connectivity index (χ0v) is 7.78. The molecule has 0 amide bonds. The van der Waals surface area contributed by atoms with Gasteiger partial charge in [0.15, 0.2) is 0 Å². The maximum absolute atomic E-state index is 5.63. The maximum Gasteiger partial charge on any atom is 0.112 e. The van der Waals surface area contributed by atoms with E-state index in [1.54, 1.807) is 0 Å². The van der Waals surface area contributed by atoms with Gasteiger partial charge in [-0.1, -0.05) is 0 Å². The van der Waals surface area contributed by atoms with E-state index in [0.717, 1.165) is 26.1 Å². The Kier molecular flexibility index (Phi) is 3.16. The fraction of sp³-hybridized carbons (Fsp3) is 1.00. The van der Waals surface area contributed by atoms with Crippen LogP contribution in [0, 0.1) is 0 Å². The highest BCUT2D eigenvalue weighted by Crippen LogP contribution is 2.28. The summed E-state index contributed by atoms with van der Waals surface area (Å²) in [5, 5.41) is 0. The minimum atomic E-state index is 0.138. The van der Waals surface area contributed by atoms with Gasteiger partial charge >= 0.3 is 0 Å². The van der Waals surface area contributed by atoms with Crippen LogP contribution in [0.3, 0.4) is 0 Å². The first-order chi connectivity index (χ1) is 6.42. The molecular formula is C9H17NO3. The molecular weight excluding hydrogens is 170 g/mol. The van der Waals surface area contributed by atoms with Crippen molar-refractivity contribution in [1.82, 2.24) is 0 Å². The van der Waals surface area contributed by atoms with Gasteiger partial charge in [0.1, 0.15) is 12.2 Å². The molecule has 2 unspecified atom stereocenters. The molecule has 0 saturated carbocycles. The average molecular weight is 187 g/mol. The van der Waals surface area contributed by atoms with Gasteiger partial charge in [-0.25, -0.2) is 0 Å². The highest BCUT2D eigenvalue weighted by molar-refractivity contribution is 4.89. The molecule has 0 aromatic heterocycles. The molecule has 2 N–H and O–H groups in total. The molecule has 4 nitrogen and oxygen atoms in total. The molecule has 2 aliphatic heterocycles. The second-order valence-electron chi connectivity index (χ2n) is 3.55. The molecule has 0 aromatic carbocycles. The number of ether oxygens (including phenoxy) is 3. The van der Waals surface area contributed by atoms with Gasteiger partial charge in [-0.3, -0.25) is 0 Å². The van der Waals surface area contributed by atoms with Gasteiger partial charge in [0.05, 0.1) is 12.7 Å². The van der Waals surface area contributed by atoms with Gasteiger partial charge in [0, 0.05) is 13.2 Å². The Hall–Kier alpha value is -0.160. The lowest BCUT2D eigenvalue weighted by Crippen LogP contribution is -2.30. The Morgan fingerprint density at radius 3 is 3.15 bits per heavy atom. The quantitative estimate of drug-likeness (QED) is 0.625. The summed E-state index contributed by atoms with van der Waals surface area (Å²) in [6, 6.07) is 0. The van der Waals surface area contributed by atoms with Crippen molar-refractivity contribution < 1.29 is 14.2 Å². The van der Waals surface area contributed by atoms with Crippen LogP contribution in [0.25, 0.3) is 0 Å². The molecule has 76 valence electrons. The molecule has 0 aromatic rings. The third-order valence-corrected chi connectivity index (χ3v) is 2.60. The Balaban J connectivity index is 1.74. The first kappa shape index (κ1) is 9.40. The van der Waals surface area contributed by atoms with Crippen LogP contribution in [0.15, 0.2) is 0 Å². The summed E-state index contributed by atoms with van der Waals surface area (Å²) >= 11 is 0. The molecule has 0 aliphatic carbocycles. The highest BCUT2D eigenvalue weighted by Gasteiger charge is 2.42. The Labute approximate surface area is 78.3 Å². The molecule has 3 atom stereocenters. The van der Waals surface area contributed by atoms with E-state index in [-0.39, 0.29) is 18.3 Å². The molecule has 2 heterocycles. The zero-order chi connectivity index (χ0) is 9.10. The summed E-state index contributed by atoms with van der Waals surface area (Å²) in [4.78, 5) is 0. The number of fused-ring (bicyclic) bond motifs is 1. The van der Waals surface area contributed by atoms with Crippen LogP contribution >= 0.6 is 0 Å². The van der Waals surface area contributed by atoms with Crippen LogP contribution in [-0.2, 0) is 14.2 Å². The summed E-state index contributed by atoms with van der Waals surface area (Å²) in [5.74, 6) is 0. The van der Waals surface area contributed by atoms with Crippen molar-refractivity contribution in [1.29, 1.82) is 0 Å². The van der Waals surface area contributed by atoms with E-state index in [1.807, 2.05) is 0 Å². The smallest absolute Gasteiger partial charge is 0.112 e. The standard InChI is InChI=1S/C9H17NO3/c10-3-1-4-11-8-6-13-7-2-5-12-9(7)8/h7-9H,1-6,10H2/t7?,8-,9?/m1/s1. The van der Waals surface area contributed by atoms with E-state index < -0.39 is 0 Å². The van der Waals surface area contributed by atoms with E-state index in [2.05, 4.69) is 0 Å². The fourth-order valence-electron chi connectivity index (χ4n) is 1.89. The molecule has 2 saturated heterocycles. The Morgan fingerprint density at radius 1 is 1.38 bits per heavy atom. The van der Waals surface area contributed by atoms with E-state index in [9.17, 15) is 0 Å². The third-order valence-electron chi connectivity index (χ3n) is 2.60. The van der Waals surface area contributed by atoms with Crippen molar-refractivity contribution >= 4 is 0 Å². The minimum Gasteiger partial charge on any atom is -0.373 e.